The first kappa shape index (κ1) is 16.0. The molecule has 5 heterocycles. The number of aromatic nitrogens is 7. The molecule has 138 valence electrons. The predicted molar refractivity (Wildman–Crippen MR) is 102 cm³/mol. The lowest BCUT2D eigenvalue weighted by Gasteiger charge is -2.23. The van der Waals surface area contributed by atoms with E-state index in [1.165, 1.54) is 0 Å². The van der Waals surface area contributed by atoms with E-state index in [-0.39, 0.29) is 0 Å². The van der Waals surface area contributed by atoms with Crippen molar-refractivity contribution in [2.75, 3.05) is 36.0 Å². The largest absolute Gasteiger partial charge is 0.353 e. The van der Waals surface area contributed by atoms with E-state index < -0.39 is 0 Å². The molecule has 0 aliphatic carbocycles. The van der Waals surface area contributed by atoms with Crippen molar-refractivity contribution in [3.05, 3.63) is 42.1 Å². The molecule has 0 N–H and O–H groups in total. The minimum absolute atomic E-state index is 0.777. The van der Waals surface area contributed by atoms with Crippen LogP contribution in [0.5, 0.6) is 0 Å². The maximum Gasteiger partial charge on any atom is 0.178 e. The summed E-state index contributed by atoms with van der Waals surface area (Å²) >= 11 is 0. The predicted octanol–water partition coefficient (Wildman–Crippen LogP) is 1.50. The van der Waals surface area contributed by atoms with Crippen molar-refractivity contribution in [3.8, 4) is 0 Å². The molecule has 0 radical (unpaired) electrons. The third-order valence-electron chi connectivity index (χ3n) is 5.02. The summed E-state index contributed by atoms with van der Waals surface area (Å²) in [5.41, 5.74) is 2.84. The van der Waals surface area contributed by atoms with E-state index in [2.05, 4.69) is 36.1 Å². The van der Waals surface area contributed by atoms with Crippen LogP contribution in [0.3, 0.4) is 0 Å². The van der Waals surface area contributed by atoms with Gasteiger partial charge >= 0.3 is 0 Å². The van der Waals surface area contributed by atoms with Gasteiger partial charge in [-0.3, -0.25) is 0 Å². The van der Waals surface area contributed by atoms with Crippen LogP contribution in [-0.2, 0) is 0 Å². The number of aryl methyl sites for hydroxylation is 2. The van der Waals surface area contributed by atoms with Gasteiger partial charge in [0.15, 0.2) is 17.3 Å². The summed E-state index contributed by atoms with van der Waals surface area (Å²) in [6.07, 6.45) is 4.76. The number of hydrogen-bond donors (Lipinski definition) is 0. The zero-order valence-corrected chi connectivity index (χ0v) is 15.4. The van der Waals surface area contributed by atoms with E-state index in [0.29, 0.717) is 0 Å². The first-order chi connectivity index (χ1) is 13.2. The Kier molecular flexibility index (Phi) is 3.66. The second-order valence-electron chi connectivity index (χ2n) is 6.90. The molecule has 1 aliphatic rings. The van der Waals surface area contributed by atoms with Gasteiger partial charge in [0.25, 0.3) is 0 Å². The van der Waals surface area contributed by atoms with Crippen molar-refractivity contribution >= 4 is 22.8 Å². The van der Waals surface area contributed by atoms with Crippen molar-refractivity contribution in [1.82, 2.24) is 34.4 Å². The van der Waals surface area contributed by atoms with Crippen LogP contribution in [0.1, 0.15) is 17.9 Å². The van der Waals surface area contributed by atoms with Crippen LogP contribution >= 0.6 is 0 Å². The minimum atomic E-state index is 0.777. The third-order valence-corrected chi connectivity index (χ3v) is 5.02. The lowest BCUT2D eigenvalue weighted by Crippen LogP contribution is -2.32. The van der Waals surface area contributed by atoms with Crippen LogP contribution in [0.2, 0.25) is 0 Å². The highest BCUT2D eigenvalue weighted by Gasteiger charge is 2.20. The number of fused-ring (bicyclic) bond motifs is 2. The van der Waals surface area contributed by atoms with E-state index >= 15 is 0 Å². The summed E-state index contributed by atoms with van der Waals surface area (Å²) in [4.78, 5) is 9.31. The molecule has 27 heavy (non-hydrogen) atoms. The first-order valence-corrected chi connectivity index (χ1v) is 9.19. The molecule has 1 saturated heterocycles. The molecule has 4 aromatic rings. The Hall–Kier alpha value is -3.23. The van der Waals surface area contributed by atoms with Crippen LogP contribution < -0.4 is 9.80 Å². The standard InChI is InChI=1S/C18H21N9/c1-13-12-15-18(19-6-9-26(15)22-13)25-8-3-7-24(10-11-25)17-5-4-16-21-20-14(2)27(16)23-17/h4-6,9,12H,3,7-8,10-11H2,1-2H3. The highest BCUT2D eigenvalue weighted by atomic mass is 15.4. The molecule has 9 nitrogen and oxygen atoms in total. The van der Waals surface area contributed by atoms with Crippen molar-refractivity contribution in [3.63, 3.8) is 0 Å². The van der Waals surface area contributed by atoms with Gasteiger partial charge in [-0.1, -0.05) is 0 Å². The van der Waals surface area contributed by atoms with Gasteiger partial charge in [0.2, 0.25) is 0 Å². The smallest absolute Gasteiger partial charge is 0.178 e. The van der Waals surface area contributed by atoms with Gasteiger partial charge in [-0.15, -0.1) is 15.3 Å². The molecule has 4 aromatic heterocycles. The van der Waals surface area contributed by atoms with E-state index in [1.54, 1.807) is 4.52 Å². The Morgan fingerprint density at radius 2 is 1.78 bits per heavy atom. The van der Waals surface area contributed by atoms with Crippen LogP contribution in [-0.4, -0.2) is 60.6 Å². The molecule has 0 atom stereocenters. The lowest BCUT2D eigenvalue weighted by atomic mass is 10.3. The van der Waals surface area contributed by atoms with E-state index in [9.17, 15) is 0 Å². The number of anilines is 2. The number of nitrogens with zero attached hydrogens (tertiary/aromatic N) is 9. The van der Waals surface area contributed by atoms with E-state index in [4.69, 9.17) is 5.10 Å². The normalized spacial score (nSPS) is 15.6. The van der Waals surface area contributed by atoms with Crippen LogP contribution in [0.15, 0.2) is 30.6 Å². The second kappa shape index (κ2) is 6.19. The molecule has 5 rings (SSSR count). The molecule has 0 unspecified atom stereocenters. The first-order valence-electron chi connectivity index (χ1n) is 9.19. The maximum atomic E-state index is 4.72. The SMILES string of the molecule is Cc1cc2c(N3CCCN(c4ccc5nnc(C)n5n4)CC3)nccn2n1. The average Bonchev–Trinajstić information content (AvgIpc) is 3.14. The summed E-state index contributed by atoms with van der Waals surface area (Å²) in [5.74, 6) is 2.76. The topological polar surface area (TPSA) is 79.8 Å². The van der Waals surface area contributed by atoms with Gasteiger partial charge in [-0.2, -0.15) is 9.61 Å². The van der Waals surface area contributed by atoms with Crippen molar-refractivity contribution in [1.29, 1.82) is 0 Å². The molecule has 0 saturated carbocycles. The van der Waals surface area contributed by atoms with Gasteiger partial charge in [0, 0.05) is 38.6 Å². The van der Waals surface area contributed by atoms with Crippen LogP contribution in [0, 0.1) is 13.8 Å². The van der Waals surface area contributed by atoms with E-state index in [0.717, 1.165) is 66.9 Å². The van der Waals surface area contributed by atoms with Crippen molar-refractivity contribution in [2.24, 2.45) is 0 Å². The van der Waals surface area contributed by atoms with Crippen LogP contribution in [0.25, 0.3) is 11.2 Å². The molecule has 1 fully saturated rings. The van der Waals surface area contributed by atoms with E-state index in [1.807, 2.05) is 42.9 Å². The Balaban J connectivity index is 1.41. The monoisotopic (exact) mass is 363 g/mol. The Morgan fingerprint density at radius 1 is 0.926 bits per heavy atom. The zero-order chi connectivity index (χ0) is 18.4. The molecule has 0 amide bonds. The summed E-state index contributed by atoms with van der Waals surface area (Å²) in [5, 5.41) is 17.4. The lowest BCUT2D eigenvalue weighted by molar-refractivity contribution is 0.769. The molecular formula is C18H21N9. The second-order valence-corrected chi connectivity index (χ2v) is 6.90. The summed E-state index contributed by atoms with van der Waals surface area (Å²) < 4.78 is 3.71. The Labute approximate surface area is 156 Å². The average molecular weight is 363 g/mol. The van der Waals surface area contributed by atoms with Gasteiger partial charge in [0.05, 0.1) is 5.69 Å². The van der Waals surface area contributed by atoms with Gasteiger partial charge < -0.3 is 9.80 Å². The molecule has 0 spiro atoms. The summed E-state index contributed by atoms with van der Waals surface area (Å²) in [7, 11) is 0. The molecule has 0 aromatic carbocycles. The fourth-order valence-corrected chi connectivity index (χ4v) is 3.69. The fraction of sp³-hybridized carbons (Fsp3) is 0.389. The molecular weight excluding hydrogens is 342 g/mol. The minimum Gasteiger partial charge on any atom is -0.353 e. The quantitative estimate of drug-likeness (QED) is 0.534. The summed E-state index contributed by atoms with van der Waals surface area (Å²) in [6, 6.07) is 6.09. The molecule has 1 aliphatic heterocycles. The number of rotatable bonds is 2. The Bertz CT molecular complexity index is 1110. The van der Waals surface area contributed by atoms with Crippen molar-refractivity contribution < 1.29 is 0 Å². The zero-order valence-electron chi connectivity index (χ0n) is 15.4. The van der Waals surface area contributed by atoms with Gasteiger partial charge in [-0.25, -0.2) is 9.50 Å². The van der Waals surface area contributed by atoms with Gasteiger partial charge in [0.1, 0.15) is 11.3 Å². The highest BCUT2D eigenvalue weighted by Crippen LogP contribution is 2.22. The Morgan fingerprint density at radius 3 is 2.70 bits per heavy atom. The highest BCUT2D eigenvalue weighted by molar-refractivity contribution is 5.69. The summed E-state index contributed by atoms with van der Waals surface area (Å²) in [6.45, 7) is 7.61. The van der Waals surface area contributed by atoms with Crippen LogP contribution in [0.4, 0.5) is 11.6 Å². The third kappa shape index (κ3) is 2.75. The molecule has 0 bridgehead atoms. The maximum absolute atomic E-state index is 4.72. The fourth-order valence-electron chi connectivity index (χ4n) is 3.69. The van der Waals surface area contributed by atoms with Crippen molar-refractivity contribution in [2.45, 2.75) is 20.3 Å². The van der Waals surface area contributed by atoms with Gasteiger partial charge in [-0.05, 0) is 38.5 Å². The molecule has 9 heteroatoms. The number of hydrogen-bond acceptors (Lipinski definition) is 7.